The molecule has 4 N–H and O–H groups in total. The van der Waals surface area contributed by atoms with Crippen LogP contribution in [0.3, 0.4) is 0 Å². The average molecular weight is 246 g/mol. The number of aromatic nitrogens is 2. The largest absolute Gasteiger partial charge is 0.508 e. The maximum Gasteiger partial charge on any atom is 0.115 e. The summed E-state index contributed by atoms with van der Waals surface area (Å²) in [6.07, 6.45) is 2.52. The molecule has 5 heteroatoms. The van der Waals surface area contributed by atoms with E-state index in [1.165, 1.54) is 0 Å². The Morgan fingerprint density at radius 3 is 3.00 bits per heavy atom. The molecule has 18 heavy (non-hydrogen) atoms. The van der Waals surface area contributed by atoms with Crippen molar-refractivity contribution in [2.24, 2.45) is 12.8 Å². The number of phenols is 1. The lowest BCUT2D eigenvalue weighted by atomic mass is 10.1. The molecule has 1 aromatic carbocycles. The zero-order valence-corrected chi connectivity index (χ0v) is 10.4. The molecule has 0 aliphatic rings. The van der Waals surface area contributed by atoms with Crippen molar-refractivity contribution in [3.63, 3.8) is 0 Å². The molecule has 0 aliphatic heterocycles. The zero-order valence-electron chi connectivity index (χ0n) is 10.4. The maximum absolute atomic E-state index is 9.47. The molecule has 0 atom stereocenters. The summed E-state index contributed by atoms with van der Waals surface area (Å²) < 4.78 is 1.84. The number of nitrogens with two attached hydrogens (primary N) is 1. The quantitative estimate of drug-likeness (QED) is 0.738. The summed E-state index contributed by atoms with van der Waals surface area (Å²) in [6.45, 7) is 1.30. The molecule has 1 aromatic heterocycles. The van der Waals surface area contributed by atoms with Gasteiger partial charge < -0.3 is 16.2 Å². The van der Waals surface area contributed by atoms with Crippen LogP contribution in [-0.2, 0) is 13.5 Å². The molecule has 5 nitrogen and oxygen atoms in total. The molecule has 0 aliphatic carbocycles. The number of nitrogens with one attached hydrogen (secondary N) is 1. The van der Waals surface area contributed by atoms with E-state index in [0.717, 1.165) is 29.9 Å². The van der Waals surface area contributed by atoms with Gasteiger partial charge in [0.05, 0.1) is 17.6 Å². The molecule has 96 valence electrons. The molecular formula is C13H18N4O. The highest BCUT2D eigenvalue weighted by atomic mass is 16.3. The van der Waals surface area contributed by atoms with Gasteiger partial charge in [-0.1, -0.05) is 12.1 Å². The van der Waals surface area contributed by atoms with Crippen LogP contribution in [0.5, 0.6) is 5.75 Å². The topological polar surface area (TPSA) is 76.1 Å². The SMILES string of the molecule is Cn1ncc(NCCN)c1Cc1cccc(O)c1. The summed E-state index contributed by atoms with van der Waals surface area (Å²) in [5.41, 5.74) is 8.60. The number of benzene rings is 1. The van der Waals surface area contributed by atoms with E-state index < -0.39 is 0 Å². The van der Waals surface area contributed by atoms with Crippen molar-refractivity contribution >= 4 is 5.69 Å². The van der Waals surface area contributed by atoms with E-state index in [1.807, 2.05) is 23.9 Å². The van der Waals surface area contributed by atoms with Crippen LogP contribution in [0, 0.1) is 0 Å². The van der Waals surface area contributed by atoms with Crippen LogP contribution in [0.2, 0.25) is 0 Å². The van der Waals surface area contributed by atoms with Crippen molar-refractivity contribution in [1.82, 2.24) is 9.78 Å². The van der Waals surface area contributed by atoms with E-state index in [2.05, 4.69) is 10.4 Å². The van der Waals surface area contributed by atoms with Gasteiger partial charge in [-0.05, 0) is 17.7 Å². The van der Waals surface area contributed by atoms with E-state index in [0.29, 0.717) is 6.54 Å². The standard InChI is InChI=1S/C13H18N4O/c1-17-13(12(9-16-17)15-6-5-14)8-10-3-2-4-11(18)7-10/h2-4,7,9,15,18H,5-6,8,14H2,1H3. The third-order valence-corrected chi connectivity index (χ3v) is 2.80. The van der Waals surface area contributed by atoms with Gasteiger partial charge in [-0.15, -0.1) is 0 Å². The van der Waals surface area contributed by atoms with Crippen molar-refractivity contribution in [3.05, 3.63) is 41.7 Å². The molecule has 2 aromatic rings. The highest BCUT2D eigenvalue weighted by molar-refractivity contribution is 5.48. The van der Waals surface area contributed by atoms with E-state index >= 15 is 0 Å². The summed E-state index contributed by atoms with van der Waals surface area (Å²) in [5.74, 6) is 0.283. The Kier molecular flexibility index (Phi) is 3.84. The van der Waals surface area contributed by atoms with Crippen molar-refractivity contribution in [3.8, 4) is 5.75 Å². The monoisotopic (exact) mass is 246 g/mol. The average Bonchev–Trinajstić information content (AvgIpc) is 2.69. The van der Waals surface area contributed by atoms with E-state index in [1.54, 1.807) is 18.3 Å². The summed E-state index contributed by atoms with van der Waals surface area (Å²) in [7, 11) is 1.91. The highest BCUT2D eigenvalue weighted by Gasteiger charge is 2.09. The second-order valence-corrected chi connectivity index (χ2v) is 4.19. The predicted octanol–water partition coefficient (Wildman–Crippen LogP) is 1.09. The van der Waals surface area contributed by atoms with Crippen LogP contribution >= 0.6 is 0 Å². The van der Waals surface area contributed by atoms with Crippen LogP contribution in [0.25, 0.3) is 0 Å². The summed E-state index contributed by atoms with van der Waals surface area (Å²) in [6, 6.07) is 7.26. The highest BCUT2D eigenvalue weighted by Crippen LogP contribution is 2.20. The predicted molar refractivity (Wildman–Crippen MR) is 71.7 cm³/mol. The van der Waals surface area contributed by atoms with Gasteiger partial charge in [0.1, 0.15) is 5.75 Å². The van der Waals surface area contributed by atoms with Gasteiger partial charge in [-0.2, -0.15) is 5.10 Å². The minimum absolute atomic E-state index is 0.283. The molecule has 0 unspecified atom stereocenters. The lowest BCUT2D eigenvalue weighted by molar-refractivity contribution is 0.474. The van der Waals surface area contributed by atoms with Crippen LogP contribution in [0.4, 0.5) is 5.69 Å². The van der Waals surface area contributed by atoms with Gasteiger partial charge in [-0.3, -0.25) is 4.68 Å². The Morgan fingerprint density at radius 1 is 1.44 bits per heavy atom. The molecule has 0 bridgehead atoms. The van der Waals surface area contributed by atoms with Gasteiger partial charge in [0.15, 0.2) is 0 Å². The number of aryl methyl sites for hydroxylation is 1. The third-order valence-electron chi connectivity index (χ3n) is 2.80. The first-order valence-electron chi connectivity index (χ1n) is 5.93. The molecule has 2 rings (SSSR count). The molecule has 0 saturated heterocycles. The summed E-state index contributed by atoms with van der Waals surface area (Å²) in [5, 5.41) is 17.0. The number of hydrogen-bond acceptors (Lipinski definition) is 4. The van der Waals surface area contributed by atoms with Gasteiger partial charge in [-0.25, -0.2) is 0 Å². The van der Waals surface area contributed by atoms with E-state index in [4.69, 9.17) is 5.73 Å². The Labute approximate surface area is 106 Å². The minimum atomic E-state index is 0.283. The number of aromatic hydroxyl groups is 1. The molecular weight excluding hydrogens is 228 g/mol. The normalized spacial score (nSPS) is 10.6. The van der Waals surface area contributed by atoms with Crippen molar-refractivity contribution in [2.45, 2.75) is 6.42 Å². The van der Waals surface area contributed by atoms with E-state index in [9.17, 15) is 5.11 Å². The number of anilines is 1. The molecule has 0 saturated carbocycles. The number of hydrogen-bond donors (Lipinski definition) is 3. The second-order valence-electron chi connectivity index (χ2n) is 4.19. The van der Waals surface area contributed by atoms with Crippen molar-refractivity contribution in [1.29, 1.82) is 0 Å². The minimum Gasteiger partial charge on any atom is -0.508 e. The zero-order chi connectivity index (χ0) is 13.0. The smallest absolute Gasteiger partial charge is 0.115 e. The second kappa shape index (κ2) is 5.55. The fourth-order valence-corrected chi connectivity index (χ4v) is 1.89. The van der Waals surface area contributed by atoms with Gasteiger partial charge >= 0.3 is 0 Å². The molecule has 0 spiro atoms. The first kappa shape index (κ1) is 12.4. The Balaban J connectivity index is 2.20. The number of phenolic OH excluding ortho intramolecular Hbond substituents is 1. The maximum atomic E-state index is 9.47. The lowest BCUT2D eigenvalue weighted by Gasteiger charge is -2.08. The number of rotatable bonds is 5. The molecule has 1 heterocycles. The van der Waals surface area contributed by atoms with Crippen LogP contribution in [0.15, 0.2) is 30.5 Å². The molecule has 0 fully saturated rings. The first-order chi connectivity index (χ1) is 8.70. The Morgan fingerprint density at radius 2 is 2.28 bits per heavy atom. The van der Waals surface area contributed by atoms with Gasteiger partial charge in [0, 0.05) is 26.6 Å². The fourth-order valence-electron chi connectivity index (χ4n) is 1.89. The Bertz CT molecular complexity index is 521. The molecule has 0 amide bonds. The summed E-state index contributed by atoms with van der Waals surface area (Å²) >= 11 is 0. The Hall–Kier alpha value is -2.01. The molecule has 0 radical (unpaired) electrons. The van der Waals surface area contributed by atoms with Crippen LogP contribution in [0.1, 0.15) is 11.3 Å². The van der Waals surface area contributed by atoms with Crippen LogP contribution < -0.4 is 11.1 Å². The van der Waals surface area contributed by atoms with Crippen LogP contribution in [-0.4, -0.2) is 28.0 Å². The lowest BCUT2D eigenvalue weighted by Crippen LogP contribution is -2.14. The first-order valence-corrected chi connectivity index (χ1v) is 5.93. The van der Waals surface area contributed by atoms with Crippen molar-refractivity contribution in [2.75, 3.05) is 18.4 Å². The number of nitrogens with zero attached hydrogens (tertiary/aromatic N) is 2. The van der Waals surface area contributed by atoms with Crippen molar-refractivity contribution < 1.29 is 5.11 Å². The third kappa shape index (κ3) is 2.81. The van der Waals surface area contributed by atoms with Gasteiger partial charge in [0.2, 0.25) is 0 Å². The fraction of sp³-hybridized carbons (Fsp3) is 0.308. The summed E-state index contributed by atoms with van der Waals surface area (Å²) in [4.78, 5) is 0. The van der Waals surface area contributed by atoms with E-state index in [-0.39, 0.29) is 5.75 Å². The van der Waals surface area contributed by atoms with Gasteiger partial charge in [0.25, 0.3) is 0 Å².